The van der Waals surface area contributed by atoms with Gasteiger partial charge in [-0.3, -0.25) is 0 Å². The number of nitrogens with one attached hydrogen (secondary N) is 2. The van der Waals surface area contributed by atoms with Crippen LogP contribution in [0.2, 0.25) is 5.02 Å². The fourth-order valence-electron chi connectivity index (χ4n) is 3.60. The summed E-state index contributed by atoms with van der Waals surface area (Å²) in [5, 5.41) is 1.82. The number of aromatic nitrogens is 2. The maximum atomic E-state index is 11.4. The largest absolute Gasteiger partial charge is 0.360 e. The van der Waals surface area contributed by atoms with Crippen LogP contribution in [0.4, 0.5) is 5.82 Å². The average Bonchev–Trinajstić information content (AvgIpc) is 3.04. The number of benzene rings is 1. The number of piperidine rings is 1. The van der Waals surface area contributed by atoms with Gasteiger partial charge in [-0.1, -0.05) is 17.7 Å². The topological polar surface area (TPSA) is 78.1 Å². The fourth-order valence-corrected chi connectivity index (χ4v) is 4.61. The van der Waals surface area contributed by atoms with Gasteiger partial charge < -0.3 is 9.88 Å². The zero-order valence-electron chi connectivity index (χ0n) is 14.9. The molecule has 1 aromatic carbocycles. The van der Waals surface area contributed by atoms with Gasteiger partial charge in [-0.15, -0.1) is 0 Å². The van der Waals surface area contributed by atoms with Crippen LogP contribution in [0.5, 0.6) is 0 Å². The first-order valence-corrected chi connectivity index (χ1v) is 11.1. The van der Waals surface area contributed by atoms with Crippen molar-refractivity contribution in [2.75, 3.05) is 24.2 Å². The molecule has 27 heavy (non-hydrogen) atoms. The summed E-state index contributed by atoms with van der Waals surface area (Å²) in [5.74, 6) is 0.916. The average molecular weight is 405 g/mol. The first kappa shape index (κ1) is 18.3. The molecule has 6 nitrogen and oxygen atoms in total. The molecule has 1 aliphatic rings. The molecule has 0 aliphatic carbocycles. The van der Waals surface area contributed by atoms with Crippen molar-refractivity contribution in [1.29, 1.82) is 0 Å². The summed E-state index contributed by atoms with van der Waals surface area (Å²) in [6.45, 7) is 1.57. The Labute approximate surface area is 163 Å². The molecule has 0 amide bonds. The van der Waals surface area contributed by atoms with Gasteiger partial charge in [0.05, 0.1) is 6.26 Å². The maximum absolute atomic E-state index is 11.4. The summed E-state index contributed by atoms with van der Waals surface area (Å²) < 4.78 is 25.4. The van der Waals surface area contributed by atoms with E-state index < -0.39 is 10.0 Å². The Kier molecular flexibility index (Phi) is 4.84. The number of nitrogens with zero attached hydrogens (tertiary/aromatic N) is 2. The van der Waals surface area contributed by atoms with E-state index in [-0.39, 0.29) is 6.04 Å². The van der Waals surface area contributed by atoms with E-state index in [0.29, 0.717) is 5.02 Å². The summed E-state index contributed by atoms with van der Waals surface area (Å²) >= 11 is 6.05. The Hall–Kier alpha value is -2.09. The molecule has 142 valence electrons. The SMILES string of the molecule is CS(=O)(=O)NC1CCN(c2ccc(-c3c[nH]c4cc(Cl)ccc34)cn2)CC1. The highest BCUT2D eigenvalue weighted by Gasteiger charge is 2.22. The quantitative estimate of drug-likeness (QED) is 0.698. The predicted octanol–water partition coefficient (Wildman–Crippen LogP) is 3.40. The lowest BCUT2D eigenvalue weighted by molar-refractivity contribution is 0.460. The van der Waals surface area contributed by atoms with Crippen molar-refractivity contribution in [2.24, 2.45) is 0 Å². The lowest BCUT2D eigenvalue weighted by Gasteiger charge is -2.32. The lowest BCUT2D eigenvalue weighted by atomic mass is 10.1. The summed E-state index contributed by atoms with van der Waals surface area (Å²) in [6.07, 6.45) is 6.62. The van der Waals surface area contributed by atoms with Crippen molar-refractivity contribution in [3.63, 3.8) is 0 Å². The van der Waals surface area contributed by atoms with E-state index in [1.165, 1.54) is 6.26 Å². The minimum Gasteiger partial charge on any atom is -0.360 e. The van der Waals surface area contributed by atoms with Crippen LogP contribution in [-0.2, 0) is 10.0 Å². The Balaban J connectivity index is 1.48. The van der Waals surface area contributed by atoms with Gasteiger partial charge in [-0.05, 0) is 37.1 Å². The maximum Gasteiger partial charge on any atom is 0.208 e. The number of rotatable bonds is 4. The van der Waals surface area contributed by atoms with E-state index >= 15 is 0 Å². The van der Waals surface area contributed by atoms with Crippen LogP contribution in [-0.4, -0.2) is 43.8 Å². The number of sulfonamides is 1. The fraction of sp³-hybridized carbons (Fsp3) is 0.316. The second-order valence-corrected chi connectivity index (χ2v) is 9.17. The summed E-state index contributed by atoms with van der Waals surface area (Å²) in [4.78, 5) is 10.1. The molecule has 4 rings (SSSR count). The first-order chi connectivity index (χ1) is 12.9. The number of aromatic amines is 1. The minimum absolute atomic E-state index is 0.00793. The molecular weight excluding hydrogens is 384 g/mol. The normalized spacial score (nSPS) is 16.1. The number of hydrogen-bond acceptors (Lipinski definition) is 4. The molecule has 0 radical (unpaired) electrons. The van der Waals surface area contributed by atoms with E-state index in [1.807, 2.05) is 36.7 Å². The standard InChI is InChI=1S/C19H21ClN4O2S/c1-27(25,26)23-15-6-8-24(9-7-15)19-5-2-13(11-22-19)17-12-21-18-10-14(20)3-4-16(17)18/h2-5,10-12,15,21,23H,6-9H2,1H3. The molecule has 1 aliphatic heterocycles. The second kappa shape index (κ2) is 7.14. The zero-order valence-corrected chi connectivity index (χ0v) is 16.5. The van der Waals surface area contributed by atoms with E-state index in [2.05, 4.69) is 25.7 Å². The van der Waals surface area contributed by atoms with Crippen LogP contribution < -0.4 is 9.62 Å². The second-order valence-electron chi connectivity index (χ2n) is 6.95. The molecule has 3 aromatic rings. The van der Waals surface area contributed by atoms with Gasteiger partial charge in [0.2, 0.25) is 10.0 Å². The molecule has 3 heterocycles. The molecular formula is C19H21ClN4O2S. The van der Waals surface area contributed by atoms with Gasteiger partial charge in [0.1, 0.15) is 5.82 Å². The molecule has 2 N–H and O–H groups in total. The molecule has 2 aromatic heterocycles. The molecule has 0 atom stereocenters. The van der Waals surface area contributed by atoms with Gasteiger partial charge in [-0.25, -0.2) is 18.1 Å². The lowest BCUT2D eigenvalue weighted by Crippen LogP contribution is -2.44. The Morgan fingerprint density at radius 3 is 2.67 bits per heavy atom. The number of hydrogen-bond donors (Lipinski definition) is 2. The van der Waals surface area contributed by atoms with Crippen LogP contribution in [0.1, 0.15) is 12.8 Å². The van der Waals surface area contributed by atoms with Crippen LogP contribution in [0.25, 0.3) is 22.0 Å². The van der Waals surface area contributed by atoms with Crippen molar-refractivity contribution in [2.45, 2.75) is 18.9 Å². The van der Waals surface area contributed by atoms with Crippen molar-refractivity contribution in [3.05, 3.63) is 47.7 Å². The molecule has 8 heteroatoms. The molecule has 0 unspecified atom stereocenters. The summed E-state index contributed by atoms with van der Waals surface area (Å²) in [6, 6.07) is 9.91. The van der Waals surface area contributed by atoms with Crippen LogP contribution in [0, 0.1) is 0 Å². The van der Waals surface area contributed by atoms with Gasteiger partial charge in [0.15, 0.2) is 0 Å². The third-order valence-electron chi connectivity index (χ3n) is 4.90. The third-order valence-corrected chi connectivity index (χ3v) is 5.90. The zero-order chi connectivity index (χ0) is 19.0. The van der Waals surface area contributed by atoms with E-state index in [4.69, 9.17) is 11.6 Å². The third kappa shape index (κ3) is 4.10. The number of halogens is 1. The van der Waals surface area contributed by atoms with Crippen molar-refractivity contribution in [3.8, 4) is 11.1 Å². The van der Waals surface area contributed by atoms with Crippen LogP contribution >= 0.6 is 11.6 Å². The molecule has 1 saturated heterocycles. The predicted molar refractivity (Wildman–Crippen MR) is 110 cm³/mol. The Morgan fingerprint density at radius 1 is 1.22 bits per heavy atom. The summed E-state index contributed by atoms with van der Waals surface area (Å²) in [7, 11) is -3.15. The number of anilines is 1. The molecule has 1 fully saturated rings. The van der Waals surface area contributed by atoms with Crippen LogP contribution in [0.3, 0.4) is 0 Å². The Morgan fingerprint density at radius 2 is 2.00 bits per heavy atom. The van der Waals surface area contributed by atoms with E-state index in [1.54, 1.807) is 0 Å². The van der Waals surface area contributed by atoms with Crippen molar-refractivity contribution >= 4 is 38.3 Å². The monoisotopic (exact) mass is 404 g/mol. The van der Waals surface area contributed by atoms with E-state index in [0.717, 1.165) is 53.8 Å². The minimum atomic E-state index is -3.15. The first-order valence-electron chi connectivity index (χ1n) is 8.84. The van der Waals surface area contributed by atoms with Gasteiger partial charge in [0.25, 0.3) is 0 Å². The van der Waals surface area contributed by atoms with Crippen molar-refractivity contribution < 1.29 is 8.42 Å². The highest BCUT2D eigenvalue weighted by molar-refractivity contribution is 7.88. The number of pyridine rings is 1. The number of H-pyrrole nitrogens is 1. The molecule has 0 saturated carbocycles. The smallest absolute Gasteiger partial charge is 0.208 e. The Bertz CT molecular complexity index is 1060. The van der Waals surface area contributed by atoms with Gasteiger partial charge in [-0.2, -0.15) is 0 Å². The van der Waals surface area contributed by atoms with Gasteiger partial charge in [0, 0.05) is 58.6 Å². The van der Waals surface area contributed by atoms with Gasteiger partial charge >= 0.3 is 0 Å². The highest BCUT2D eigenvalue weighted by Crippen LogP contribution is 2.30. The molecule has 0 bridgehead atoms. The van der Waals surface area contributed by atoms with Crippen molar-refractivity contribution in [1.82, 2.24) is 14.7 Å². The van der Waals surface area contributed by atoms with Crippen LogP contribution in [0.15, 0.2) is 42.7 Å². The number of fused-ring (bicyclic) bond motifs is 1. The highest BCUT2D eigenvalue weighted by atomic mass is 35.5. The summed E-state index contributed by atoms with van der Waals surface area (Å²) in [5.41, 5.74) is 3.14. The van der Waals surface area contributed by atoms with E-state index in [9.17, 15) is 8.42 Å². The molecule has 0 spiro atoms.